The van der Waals surface area contributed by atoms with Gasteiger partial charge in [0.1, 0.15) is 0 Å². The first-order chi connectivity index (χ1) is 7.20. The second-order valence-corrected chi connectivity index (χ2v) is 3.94. The van der Waals surface area contributed by atoms with E-state index < -0.39 is 0 Å². The third-order valence-electron chi connectivity index (χ3n) is 2.31. The molecule has 1 aromatic heterocycles. The molecule has 0 saturated carbocycles. The minimum atomic E-state index is 0.211. The molecule has 0 fully saturated rings. The summed E-state index contributed by atoms with van der Waals surface area (Å²) < 4.78 is 1.82. The normalized spacial score (nSPS) is 12.7. The van der Waals surface area contributed by atoms with E-state index >= 15 is 0 Å². The summed E-state index contributed by atoms with van der Waals surface area (Å²) in [6.07, 6.45) is 5.54. The summed E-state index contributed by atoms with van der Waals surface area (Å²) in [5, 5.41) is 8.29. The highest BCUT2D eigenvalue weighted by atomic mass is 35.5. The first kappa shape index (κ1) is 12.3. The highest BCUT2D eigenvalue weighted by molar-refractivity contribution is 6.31. The first-order valence-corrected chi connectivity index (χ1v) is 5.60. The molecule has 84 valence electrons. The summed E-state index contributed by atoms with van der Waals surface area (Å²) in [5.41, 5.74) is 1.03. The maximum absolute atomic E-state index is 6.10. The van der Waals surface area contributed by atoms with Crippen LogP contribution in [0, 0.1) is 0 Å². The predicted octanol–water partition coefficient (Wildman–Crippen LogP) is 2.69. The van der Waals surface area contributed by atoms with Crippen molar-refractivity contribution in [3.8, 4) is 0 Å². The quantitative estimate of drug-likeness (QED) is 0.758. The molecule has 0 aromatic carbocycles. The predicted molar refractivity (Wildman–Crippen MR) is 64.1 cm³/mol. The fourth-order valence-electron chi connectivity index (χ4n) is 1.59. The van der Waals surface area contributed by atoms with Crippen molar-refractivity contribution < 1.29 is 0 Å². The molecule has 4 heteroatoms. The molecule has 1 atom stereocenters. The molecule has 1 aromatic rings. The Labute approximate surface area is 96.1 Å². The smallest absolute Gasteiger partial charge is 0.0834 e. The van der Waals surface area contributed by atoms with Crippen LogP contribution in [0.5, 0.6) is 0 Å². The van der Waals surface area contributed by atoms with Crippen LogP contribution >= 0.6 is 11.6 Å². The van der Waals surface area contributed by atoms with Gasteiger partial charge in [0.25, 0.3) is 0 Å². The Bertz CT molecular complexity index is 300. The molecular formula is C11H18ClN3. The van der Waals surface area contributed by atoms with Crippen molar-refractivity contribution in [3.63, 3.8) is 0 Å². The maximum Gasteiger partial charge on any atom is 0.0834 e. The lowest BCUT2D eigenvalue weighted by atomic mass is 10.1. The van der Waals surface area contributed by atoms with Gasteiger partial charge in [-0.2, -0.15) is 5.10 Å². The number of rotatable bonds is 6. The molecule has 0 aliphatic rings. The molecular weight excluding hydrogens is 210 g/mol. The summed E-state index contributed by atoms with van der Waals surface area (Å²) in [6.45, 7) is 6.88. The van der Waals surface area contributed by atoms with Crippen LogP contribution in [0.25, 0.3) is 0 Å². The molecule has 1 N–H and O–H groups in total. The highest BCUT2D eigenvalue weighted by Crippen LogP contribution is 2.24. The van der Waals surface area contributed by atoms with E-state index in [-0.39, 0.29) is 6.04 Å². The van der Waals surface area contributed by atoms with Crippen LogP contribution < -0.4 is 5.32 Å². The number of halogens is 1. The minimum Gasteiger partial charge on any atom is -0.308 e. The van der Waals surface area contributed by atoms with E-state index in [1.165, 1.54) is 0 Å². The number of aryl methyl sites for hydroxylation is 1. The van der Waals surface area contributed by atoms with Gasteiger partial charge in [0.05, 0.1) is 23.0 Å². The zero-order valence-electron chi connectivity index (χ0n) is 9.33. The third-order valence-corrected chi connectivity index (χ3v) is 2.60. The lowest BCUT2D eigenvalue weighted by Gasteiger charge is -2.17. The van der Waals surface area contributed by atoms with Crippen molar-refractivity contribution >= 4 is 11.6 Å². The topological polar surface area (TPSA) is 29.9 Å². The second-order valence-electron chi connectivity index (χ2n) is 3.53. The molecule has 0 aliphatic heterocycles. The zero-order chi connectivity index (χ0) is 11.3. The van der Waals surface area contributed by atoms with Crippen LogP contribution in [0.15, 0.2) is 18.9 Å². The summed E-state index contributed by atoms with van der Waals surface area (Å²) in [7, 11) is 1.91. The van der Waals surface area contributed by atoms with Crippen molar-refractivity contribution in [3.05, 3.63) is 29.6 Å². The monoisotopic (exact) mass is 227 g/mol. The number of aromatic nitrogens is 2. The molecule has 0 aliphatic carbocycles. The molecule has 0 spiro atoms. The van der Waals surface area contributed by atoms with Crippen molar-refractivity contribution in [2.24, 2.45) is 7.05 Å². The van der Waals surface area contributed by atoms with E-state index in [0.717, 1.165) is 25.1 Å². The van der Waals surface area contributed by atoms with Crippen molar-refractivity contribution in [2.75, 3.05) is 6.54 Å². The molecule has 0 bridgehead atoms. The largest absolute Gasteiger partial charge is 0.308 e. The molecule has 1 heterocycles. The van der Waals surface area contributed by atoms with E-state index in [2.05, 4.69) is 23.9 Å². The van der Waals surface area contributed by atoms with Gasteiger partial charge in [-0.1, -0.05) is 24.6 Å². The van der Waals surface area contributed by atoms with Gasteiger partial charge >= 0.3 is 0 Å². The van der Waals surface area contributed by atoms with Crippen molar-refractivity contribution in [1.29, 1.82) is 0 Å². The third kappa shape index (κ3) is 3.08. The van der Waals surface area contributed by atoms with Crippen LogP contribution in [0.3, 0.4) is 0 Å². The molecule has 0 saturated heterocycles. The summed E-state index contributed by atoms with van der Waals surface area (Å²) in [6, 6.07) is 0.211. The Kier molecular flexibility index (Phi) is 4.85. The number of hydrogen-bond donors (Lipinski definition) is 1. The fraction of sp³-hybridized carbons (Fsp3) is 0.545. The summed E-state index contributed by atoms with van der Waals surface area (Å²) in [4.78, 5) is 0. The molecule has 3 nitrogen and oxygen atoms in total. The highest BCUT2D eigenvalue weighted by Gasteiger charge is 2.16. The SMILES string of the molecule is C=CCC(NCCC)c1c(Cl)cnn1C. The van der Waals surface area contributed by atoms with Gasteiger partial charge in [0.2, 0.25) is 0 Å². The average molecular weight is 228 g/mol. The van der Waals surface area contributed by atoms with Crippen LogP contribution in [0.1, 0.15) is 31.5 Å². The van der Waals surface area contributed by atoms with Crippen molar-refractivity contribution in [1.82, 2.24) is 15.1 Å². The molecule has 1 rings (SSSR count). The van der Waals surface area contributed by atoms with E-state index in [1.807, 2.05) is 17.8 Å². The van der Waals surface area contributed by atoms with E-state index in [0.29, 0.717) is 5.02 Å². The van der Waals surface area contributed by atoms with Crippen LogP contribution in [0.4, 0.5) is 0 Å². The standard InChI is InChI=1S/C11H18ClN3/c1-4-6-10(13-7-5-2)11-9(12)8-14-15(11)3/h4,8,10,13H,1,5-7H2,2-3H3. The summed E-state index contributed by atoms with van der Waals surface area (Å²) in [5.74, 6) is 0. The van der Waals surface area contributed by atoms with Gasteiger partial charge in [0, 0.05) is 7.05 Å². The Morgan fingerprint density at radius 3 is 2.93 bits per heavy atom. The van der Waals surface area contributed by atoms with E-state index in [1.54, 1.807) is 6.20 Å². The second kappa shape index (κ2) is 5.93. The lowest BCUT2D eigenvalue weighted by molar-refractivity contribution is 0.500. The van der Waals surface area contributed by atoms with E-state index in [4.69, 9.17) is 11.6 Å². The van der Waals surface area contributed by atoms with Crippen LogP contribution in [-0.2, 0) is 7.05 Å². The Balaban J connectivity index is 2.82. The van der Waals surface area contributed by atoms with Gasteiger partial charge < -0.3 is 5.32 Å². The molecule has 15 heavy (non-hydrogen) atoms. The first-order valence-electron chi connectivity index (χ1n) is 5.22. The molecule has 0 amide bonds. The molecule has 0 radical (unpaired) electrons. The Morgan fingerprint density at radius 2 is 2.47 bits per heavy atom. The van der Waals surface area contributed by atoms with Gasteiger partial charge in [-0.3, -0.25) is 4.68 Å². The van der Waals surface area contributed by atoms with Gasteiger partial charge in [-0.15, -0.1) is 6.58 Å². The number of nitrogens with zero attached hydrogens (tertiary/aromatic N) is 2. The fourth-order valence-corrected chi connectivity index (χ4v) is 1.89. The van der Waals surface area contributed by atoms with Crippen molar-refractivity contribution in [2.45, 2.75) is 25.8 Å². The zero-order valence-corrected chi connectivity index (χ0v) is 10.1. The Morgan fingerprint density at radius 1 is 1.73 bits per heavy atom. The minimum absolute atomic E-state index is 0.211. The van der Waals surface area contributed by atoms with E-state index in [9.17, 15) is 0 Å². The van der Waals surface area contributed by atoms with Crippen LogP contribution in [0.2, 0.25) is 5.02 Å². The number of nitrogens with one attached hydrogen (secondary N) is 1. The summed E-state index contributed by atoms with van der Waals surface area (Å²) >= 11 is 6.10. The van der Waals surface area contributed by atoms with Crippen LogP contribution in [-0.4, -0.2) is 16.3 Å². The maximum atomic E-state index is 6.10. The van der Waals surface area contributed by atoms with Gasteiger partial charge in [-0.05, 0) is 19.4 Å². The number of hydrogen-bond acceptors (Lipinski definition) is 2. The molecule has 1 unspecified atom stereocenters. The Hall–Kier alpha value is -0.800. The lowest BCUT2D eigenvalue weighted by Crippen LogP contribution is -2.24. The average Bonchev–Trinajstić information content (AvgIpc) is 2.54. The van der Waals surface area contributed by atoms with Gasteiger partial charge in [-0.25, -0.2) is 0 Å². The van der Waals surface area contributed by atoms with Gasteiger partial charge in [0.15, 0.2) is 0 Å².